The first-order valence-electron chi connectivity index (χ1n) is 11.1. The maximum absolute atomic E-state index is 14.5. The molecule has 0 radical (unpaired) electrons. The molecule has 11 nitrogen and oxygen atoms in total. The van der Waals surface area contributed by atoms with Gasteiger partial charge >= 0.3 is 11.9 Å². The van der Waals surface area contributed by atoms with Crippen molar-refractivity contribution in [3.05, 3.63) is 57.3 Å². The van der Waals surface area contributed by atoms with Gasteiger partial charge in [-0.15, -0.1) is 0 Å². The second kappa shape index (κ2) is 11.3. The zero-order valence-corrected chi connectivity index (χ0v) is 18.8. The first kappa shape index (κ1) is 25.4. The number of halogens is 1. The van der Waals surface area contributed by atoms with Gasteiger partial charge in [-0.05, 0) is 55.9 Å². The van der Waals surface area contributed by atoms with E-state index in [0.29, 0.717) is 29.4 Å². The van der Waals surface area contributed by atoms with E-state index in [1.165, 1.54) is 12.1 Å². The normalized spacial score (nSPS) is 11.9. The highest BCUT2D eigenvalue weighted by molar-refractivity contribution is 5.97. The standard InChI is InChI=1S/C23H26FN5O6/c24-16-10-12(6-7-14(16)20(32)27-17(22(34)35)8-9-18(30)31)4-2-1-3-5-13-11-15-19(26-13)28-23(25)29-21(15)33/h6-7,10-11,17H,1-5,8-9H2,(H,27,32)(H,30,31)(H,34,35)(H4,25,26,28,29,33)/t17-/m0/s1. The summed E-state index contributed by atoms with van der Waals surface area (Å²) < 4.78 is 14.5. The van der Waals surface area contributed by atoms with Crippen LogP contribution >= 0.6 is 0 Å². The molecule has 0 aliphatic rings. The second-order valence-electron chi connectivity index (χ2n) is 8.18. The summed E-state index contributed by atoms with van der Waals surface area (Å²) in [5.41, 5.74) is 6.94. The van der Waals surface area contributed by atoms with E-state index in [1.54, 1.807) is 12.1 Å². The number of rotatable bonds is 12. The van der Waals surface area contributed by atoms with Gasteiger partial charge in [0.15, 0.2) is 0 Å². The van der Waals surface area contributed by atoms with Gasteiger partial charge in [0.05, 0.1) is 10.9 Å². The predicted molar refractivity (Wildman–Crippen MR) is 125 cm³/mol. The van der Waals surface area contributed by atoms with Crippen LogP contribution in [0.3, 0.4) is 0 Å². The fourth-order valence-electron chi connectivity index (χ4n) is 3.71. The molecule has 0 aliphatic heterocycles. The van der Waals surface area contributed by atoms with Gasteiger partial charge in [0, 0.05) is 12.1 Å². The van der Waals surface area contributed by atoms with Crippen molar-refractivity contribution in [2.75, 3.05) is 5.73 Å². The molecule has 12 heteroatoms. The van der Waals surface area contributed by atoms with E-state index in [4.69, 9.17) is 15.9 Å². The number of carbonyl (C=O) groups excluding carboxylic acids is 1. The largest absolute Gasteiger partial charge is 0.481 e. The molecule has 0 spiro atoms. The summed E-state index contributed by atoms with van der Waals surface area (Å²) in [5.74, 6) is -4.24. The molecule has 3 aromatic rings. The Balaban J connectivity index is 1.48. The summed E-state index contributed by atoms with van der Waals surface area (Å²) in [6.07, 6.45) is 2.98. The maximum Gasteiger partial charge on any atom is 0.326 e. The molecule has 2 heterocycles. The minimum atomic E-state index is -1.43. The van der Waals surface area contributed by atoms with Gasteiger partial charge in [0.2, 0.25) is 5.95 Å². The van der Waals surface area contributed by atoms with E-state index < -0.39 is 36.1 Å². The van der Waals surface area contributed by atoms with Crippen LogP contribution < -0.4 is 16.6 Å². The van der Waals surface area contributed by atoms with Crippen LogP contribution in [0.1, 0.15) is 53.7 Å². The number of H-pyrrole nitrogens is 2. The van der Waals surface area contributed by atoms with E-state index >= 15 is 0 Å². The number of nitrogens with zero attached hydrogens (tertiary/aromatic N) is 1. The minimum absolute atomic E-state index is 0.0477. The molecule has 0 unspecified atom stereocenters. The molecule has 1 atom stereocenters. The number of aryl methyl sites for hydroxylation is 2. The molecule has 2 aromatic heterocycles. The number of amides is 1. The lowest BCUT2D eigenvalue weighted by molar-refractivity contribution is -0.140. The van der Waals surface area contributed by atoms with Gasteiger partial charge < -0.3 is 26.2 Å². The smallest absolute Gasteiger partial charge is 0.326 e. The number of nitrogens with one attached hydrogen (secondary N) is 3. The summed E-state index contributed by atoms with van der Waals surface area (Å²) in [4.78, 5) is 55.6. The number of nitrogens with two attached hydrogens (primary N) is 1. The Hall–Kier alpha value is -4.22. The maximum atomic E-state index is 14.5. The summed E-state index contributed by atoms with van der Waals surface area (Å²) in [5, 5.41) is 20.4. The van der Waals surface area contributed by atoms with Crippen molar-refractivity contribution in [2.45, 2.75) is 51.0 Å². The number of hydrogen-bond donors (Lipinski definition) is 6. The van der Waals surface area contributed by atoms with E-state index in [-0.39, 0.29) is 23.5 Å². The lowest BCUT2D eigenvalue weighted by atomic mass is 10.0. The molecule has 7 N–H and O–H groups in total. The SMILES string of the molecule is Nc1nc2[nH]c(CCCCCc3ccc(C(=O)N[C@@H](CCC(=O)O)C(=O)O)c(F)c3)cc2c(=O)[nH]1. The molecule has 0 bridgehead atoms. The van der Waals surface area contributed by atoms with E-state index in [1.807, 2.05) is 0 Å². The number of anilines is 1. The Morgan fingerprint density at radius 1 is 1.09 bits per heavy atom. The third-order valence-corrected chi connectivity index (χ3v) is 5.51. The highest BCUT2D eigenvalue weighted by Crippen LogP contribution is 2.16. The number of benzene rings is 1. The number of unbranched alkanes of at least 4 members (excludes halogenated alkanes) is 2. The summed E-state index contributed by atoms with van der Waals surface area (Å²) >= 11 is 0. The van der Waals surface area contributed by atoms with Gasteiger partial charge in [-0.2, -0.15) is 4.98 Å². The Morgan fingerprint density at radius 3 is 2.51 bits per heavy atom. The van der Waals surface area contributed by atoms with Gasteiger partial charge in [-0.25, -0.2) is 9.18 Å². The van der Waals surface area contributed by atoms with E-state index in [2.05, 4.69) is 20.3 Å². The second-order valence-corrected chi connectivity index (χ2v) is 8.18. The minimum Gasteiger partial charge on any atom is -0.481 e. The zero-order valence-electron chi connectivity index (χ0n) is 18.8. The quantitative estimate of drug-likeness (QED) is 0.209. The van der Waals surface area contributed by atoms with Crippen LogP contribution in [0, 0.1) is 5.82 Å². The fourth-order valence-corrected chi connectivity index (χ4v) is 3.71. The van der Waals surface area contributed by atoms with Crippen LogP contribution in [-0.2, 0) is 22.4 Å². The third kappa shape index (κ3) is 6.88. The Bertz CT molecular complexity index is 1300. The molecule has 186 valence electrons. The van der Waals surface area contributed by atoms with Crippen LogP contribution in [0.15, 0.2) is 29.1 Å². The van der Waals surface area contributed by atoms with Crippen molar-refractivity contribution in [3.63, 3.8) is 0 Å². The molecule has 0 fully saturated rings. The number of nitrogen functional groups attached to an aromatic ring is 1. The molecule has 0 saturated carbocycles. The highest BCUT2D eigenvalue weighted by Gasteiger charge is 2.23. The summed E-state index contributed by atoms with van der Waals surface area (Å²) in [6, 6.07) is 4.45. The molecular formula is C23H26FN5O6. The molecule has 1 aromatic carbocycles. The summed E-state index contributed by atoms with van der Waals surface area (Å²) in [7, 11) is 0. The molecule has 0 saturated heterocycles. The number of fused-ring (bicyclic) bond motifs is 1. The number of aromatic nitrogens is 3. The predicted octanol–water partition coefficient (Wildman–Crippen LogP) is 1.98. The number of hydrogen-bond acceptors (Lipinski definition) is 6. The topological polar surface area (TPSA) is 191 Å². The monoisotopic (exact) mass is 487 g/mol. The molecule has 1 amide bonds. The average molecular weight is 487 g/mol. The van der Waals surface area contributed by atoms with E-state index in [9.17, 15) is 23.6 Å². The van der Waals surface area contributed by atoms with Crippen molar-refractivity contribution >= 4 is 34.8 Å². The third-order valence-electron chi connectivity index (χ3n) is 5.51. The lowest BCUT2D eigenvalue weighted by Crippen LogP contribution is -2.41. The Kier molecular flexibility index (Phi) is 8.18. The summed E-state index contributed by atoms with van der Waals surface area (Å²) in [6.45, 7) is 0. The highest BCUT2D eigenvalue weighted by atomic mass is 19.1. The molecule has 3 rings (SSSR count). The number of aliphatic carboxylic acids is 2. The van der Waals surface area contributed by atoms with Crippen LogP contribution in [-0.4, -0.2) is 49.1 Å². The van der Waals surface area contributed by atoms with Crippen LogP contribution in [0.4, 0.5) is 10.3 Å². The average Bonchev–Trinajstić information content (AvgIpc) is 3.19. The van der Waals surface area contributed by atoms with Gasteiger partial charge in [-0.3, -0.25) is 19.4 Å². The molecule has 35 heavy (non-hydrogen) atoms. The van der Waals surface area contributed by atoms with Crippen LogP contribution in [0.25, 0.3) is 11.0 Å². The molecule has 0 aliphatic carbocycles. The number of carboxylic acid groups (broad SMARTS) is 2. The van der Waals surface area contributed by atoms with Crippen LogP contribution in [0.2, 0.25) is 0 Å². The Labute approximate surface area is 198 Å². The number of carboxylic acids is 2. The Morgan fingerprint density at radius 2 is 1.83 bits per heavy atom. The van der Waals surface area contributed by atoms with Crippen LogP contribution in [0.5, 0.6) is 0 Å². The van der Waals surface area contributed by atoms with Crippen molar-refractivity contribution in [1.29, 1.82) is 0 Å². The lowest BCUT2D eigenvalue weighted by Gasteiger charge is -2.14. The first-order chi connectivity index (χ1) is 16.6. The van der Waals surface area contributed by atoms with Gasteiger partial charge in [0.1, 0.15) is 17.5 Å². The zero-order chi connectivity index (χ0) is 25.5. The van der Waals surface area contributed by atoms with Gasteiger partial charge in [-0.1, -0.05) is 12.5 Å². The van der Waals surface area contributed by atoms with Gasteiger partial charge in [0.25, 0.3) is 11.5 Å². The number of aromatic amines is 2. The number of carbonyl (C=O) groups is 3. The van der Waals surface area contributed by atoms with Crippen molar-refractivity contribution in [1.82, 2.24) is 20.3 Å². The van der Waals surface area contributed by atoms with Crippen molar-refractivity contribution in [2.24, 2.45) is 0 Å². The fraction of sp³-hybridized carbons (Fsp3) is 0.348. The first-order valence-corrected chi connectivity index (χ1v) is 11.1. The van der Waals surface area contributed by atoms with Crippen molar-refractivity contribution in [3.8, 4) is 0 Å². The molecular weight excluding hydrogens is 461 g/mol. The van der Waals surface area contributed by atoms with Crippen molar-refractivity contribution < 1.29 is 29.0 Å². The van der Waals surface area contributed by atoms with E-state index in [0.717, 1.165) is 25.0 Å².